The summed E-state index contributed by atoms with van der Waals surface area (Å²) in [5, 5.41) is 8.64. The molecule has 2 radical (unpaired) electrons. The lowest BCUT2D eigenvalue weighted by molar-refractivity contribution is 0.334. The zero-order valence-electron chi connectivity index (χ0n) is 5.30. The van der Waals surface area contributed by atoms with Crippen molar-refractivity contribution in [2.45, 2.75) is 12.8 Å². The van der Waals surface area contributed by atoms with E-state index in [1.165, 1.54) is 0 Å². The first-order valence-electron chi connectivity index (χ1n) is 3.09. The number of allylic oxidation sites excluding steroid dienone is 2. The Balaban J connectivity index is 2.63. The molecule has 1 nitrogen and oxygen atoms in total. The maximum absolute atomic E-state index is 8.64. The standard InChI is InChI=1S/C7H9BO/c8-7-3-1-2-6(4-7)5-9/h2,4,9H,1,3,5H2. The molecule has 0 saturated heterocycles. The van der Waals surface area contributed by atoms with Crippen molar-refractivity contribution < 1.29 is 5.11 Å². The maximum Gasteiger partial charge on any atom is 0.107 e. The van der Waals surface area contributed by atoms with Crippen LogP contribution in [0, 0.1) is 0 Å². The van der Waals surface area contributed by atoms with Gasteiger partial charge in [-0.05, 0) is 18.4 Å². The Hall–Kier alpha value is -0.495. The summed E-state index contributed by atoms with van der Waals surface area (Å²) in [5.74, 6) is 0. The Morgan fingerprint density at radius 2 is 2.44 bits per heavy atom. The quantitative estimate of drug-likeness (QED) is 0.506. The normalized spacial score (nSPS) is 18.8. The molecule has 0 aromatic heterocycles. The fourth-order valence-electron chi connectivity index (χ4n) is 0.904. The van der Waals surface area contributed by atoms with Crippen LogP contribution in [0.2, 0.25) is 0 Å². The van der Waals surface area contributed by atoms with Gasteiger partial charge in [-0.25, -0.2) is 0 Å². The average molecular weight is 120 g/mol. The minimum atomic E-state index is 0.112. The number of hydrogen-bond acceptors (Lipinski definition) is 1. The van der Waals surface area contributed by atoms with Crippen LogP contribution in [0.4, 0.5) is 0 Å². The van der Waals surface area contributed by atoms with Crippen LogP contribution in [0.5, 0.6) is 0 Å². The molecule has 1 rings (SSSR count). The van der Waals surface area contributed by atoms with E-state index < -0.39 is 0 Å². The van der Waals surface area contributed by atoms with Gasteiger partial charge < -0.3 is 5.11 Å². The first-order valence-corrected chi connectivity index (χ1v) is 3.09. The summed E-state index contributed by atoms with van der Waals surface area (Å²) in [7, 11) is 5.51. The zero-order chi connectivity index (χ0) is 6.69. The number of rotatable bonds is 1. The van der Waals surface area contributed by atoms with Crippen LogP contribution < -0.4 is 0 Å². The van der Waals surface area contributed by atoms with Crippen LogP contribution in [-0.4, -0.2) is 19.6 Å². The highest BCUT2D eigenvalue weighted by molar-refractivity contribution is 6.21. The minimum Gasteiger partial charge on any atom is -0.392 e. The molecule has 0 aliphatic heterocycles. The van der Waals surface area contributed by atoms with Crippen molar-refractivity contribution in [3.63, 3.8) is 0 Å². The van der Waals surface area contributed by atoms with E-state index in [0.29, 0.717) is 0 Å². The lowest BCUT2D eigenvalue weighted by Crippen LogP contribution is -1.95. The molecule has 0 heterocycles. The van der Waals surface area contributed by atoms with Crippen LogP contribution in [0.3, 0.4) is 0 Å². The molecule has 46 valence electrons. The Morgan fingerprint density at radius 3 is 2.89 bits per heavy atom. The predicted molar refractivity (Wildman–Crippen MR) is 38.2 cm³/mol. The molecule has 9 heavy (non-hydrogen) atoms. The molecule has 0 amide bonds. The average Bonchev–Trinajstić information content (AvgIpc) is 1.88. The van der Waals surface area contributed by atoms with Gasteiger partial charge in [-0.15, -0.1) is 5.47 Å². The van der Waals surface area contributed by atoms with Gasteiger partial charge in [0.1, 0.15) is 7.85 Å². The maximum atomic E-state index is 8.64. The van der Waals surface area contributed by atoms with Gasteiger partial charge in [0.15, 0.2) is 0 Å². The second kappa shape index (κ2) is 2.88. The molecule has 1 aliphatic rings. The summed E-state index contributed by atoms with van der Waals surface area (Å²) in [6.45, 7) is 0.112. The molecule has 0 aromatic rings. The highest BCUT2D eigenvalue weighted by Crippen LogP contribution is 2.13. The summed E-state index contributed by atoms with van der Waals surface area (Å²) >= 11 is 0. The molecular weight excluding hydrogens is 111 g/mol. The third-order valence-electron chi connectivity index (χ3n) is 1.39. The van der Waals surface area contributed by atoms with Crippen molar-refractivity contribution in [3.8, 4) is 0 Å². The van der Waals surface area contributed by atoms with E-state index in [-0.39, 0.29) is 6.61 Å². The van der Waals surface area contributed by atoms with Crippen LogP contribution >= 0.6 is 0 Å². The van der Waals surface area contributed by atoms with Crippen molar-refractivity contribution >= 4 is 7.85 Å². The Labute approximate surface area is 56.5 Å². The van der Waals surface area contributed by atoms with E-state index in [1.54, 1.807) is 0 Å². The molecule has 0 fully saturated rings. The molecule has 0 aromatic carbocycles. The monoisotopic (exact) mass is 120 g/mol. The van der Waals surface area contributed by atoms with Crippen molar-refractivity contribution in [2.75, 3.05) is 6.61 Å². The van der Waals surface area contributed by atoms with Crippen LogP contribution in [0.25, 0.3) is 0 Å². The lowest BCUT2D eigenvalue weighted by atomic mass is 9.86. The summed E-state index contributed by atoms with van der Waals surface area (Å²) in [6, 6.07) is 0. The summed E-state index contributed by atoms with van der Waals surface area (Å²) in [4.78, 5) is 0. The Kier molecular flexibility index (Phi) is 2.12. The Morgan fingerprint density at radius 1 is 1.67 bits per heavy atom. The van der Waals surface area contributed by atoms with Gasteiger partial charge in [-0.2, -0.15) is 0 Å². The first-order chi connectivity index (χ1) is 4.33. The second-order valence-electron chi connectivity index (χ2n) is 2.20. The lowest BCUT2D eigenvalue weighted by Gasteiger charge is -2.07. The van der Waals surface area contributed by atoms with Crippen LogP contribution in [-0.2, 0) is 0 Å². The van der Waals surface area contributed by atoms with Crippen LogP contribution in [0.1, 0.15) is 12.8 Å². The first kappa shape index (κ1) is 6.62. The van der Waals surface area contributed by atoms with Gasteiger partial charge >= 0.3 is 0 Å². The van der Waals surface area contributed by atoms with E-state index in [0.717, 1.165) is 23.9 Å². The van der Waals surface area contributed by atoms with Crippen LogP contribution in [0.15, 0.2) is 23.2 Å². The van der Waals surface area contributed by atoms with Gasteiger partial charge in [0, 0.05) is 0 Å². The zero-order valence-corrected chi connectivity index (χ0v) is 5.30. The van der Waals surface area contributed by atoms with Gasteiger partial charge in [-0.1, -0.05) is 12.2 Å². The van der Waals surface area contributed by atoms with E-state index >= 15 is 0 Å². The molecule has 0 bridgehead atoms. The van der Waals surface area contributed by atoms with E-state index in [9.17, 15) is 0 Å². The minimum absolute atomic E-state index is 0.112. The molecule has 1 N–H and O–H groups in total. The second-order valence-corrected chi connectivity index (χ2v) is 2.20. The van der Waals surface area contributed by atoms with E-state index in [2.05, 4.69) is 0 Å². The molecule has 1 aliphatic carbocycles. The largest absolute Gasteiger partial charge is 0.392 e. The predicted octanol–water partition coefficient (Wildman–Crippen LogP) is 0.751. The molecule has 0 atom stereocenters. The molecule has 0 saturated carbocycles. The summed E-state index contributed by atoms with van der Waals surface area (Å²) < 4.78 is 0. The topological polar surface area (TPSA) is 20.2 Å². The van der Waals surface area contributed by atoms with E-state index in [1.807, 2.05) is 12.2 Å². The number of aliphatic hydroxyl groups is 1. The molecule has 0 unspecified atom stereocenters. The van der Waals surface area contributed by atoms with Crippen molar-refractivity contribution in [1.29, 1.82) is 0 Å². The van der Waals surface area contributed by atoms with E-state index in [4.69, 9.17) is 13.0 Å². The van der Waals surface area contributed by atoms with Crippen molar-refractivity contribution in [3.05, 3.63) is 23.2 Å². The SMILES string of the molecule is [B]C1=CC(CO)=CCC1. The number of hydrogen-bond donors (Lipinski definition) is 1. The highest BCUT2D eigenvalue weighted by atomic mass is 16.3. The van der Waals surface area contributed by atoms with Crippen molar-refractivity contribution in [1.82, 2.24) is 0 Å². The molecule has 2 heteroatoms. The van der Waals surface area contributed by atoms with Gasteiger partial charge in [0.25, 0.3) is 0 Å². The smallest absolute Gasteiger partial charge is 0.107 e. The Bertz CT molecular complexity index is 158. The van der Waals surface area contributed by atoms with Crippen molar-refractivity contribution in [2.24, 2.45) is 0 Å². The van der Waals surface area contributed by atoms with Gasteiger partial charge in [0.2, 0.25) is 0 Å². The van der Waals surface area contributed by atoms with Gasteiger partial charge in [0.05, 0.1) is 6.61 Å². The van der Waals surface area contributed by atoms with Gasteiger partial charge in [-0.3, -0.25) is 0 Å². The third kappa shape index (κ3) is 1.72. The third-order valence-corrected chi connectivity index (χ3v) is 1.39. The summed E-state index contributed by atoms with van der Waals surface area (Å²) in [5.41, 5.74) is 1.82. The molecule has 0 spiro atoms. The fourth-order valence-corrected chi connectivity index (χ4v) is 0.904. The number of aliphatic hydroxyl groups excluding tert-OH is 1. The molecular formula is C7H9BO. The fraction of sp³-hybridized carbons (Fsp3) is 0.429. The summed E-state index contributed by atoms with van der Waals surface area (Å²) in [6.07, 6.45) is 5.75. The highest BCUT2D eigenvalue weighted by Gasteiger charge is 1.98.